The van der Waals surface area contributed by atoms with Gasteiger partial charge < -0.3 is 5.11 Å². The second-order valence-electron chi connectivity index (χ2n) is 3.30. The molecule has 0 aliphatic rings. The van der Waals surface area contributed by atoms with Gasteiger partial charge in [0.25, 0.3) is 0 Å². The zero-order chi connectivity index (χ0) is 11.7. The number of hydrogen-bond acceptors (Lipinski definition) is 3. The first kappa shape index (κ1) is 10.2. The Morgan fingerprint density at radius 2 is 2.25 bits per heavy atom. The van der Waals surface area contributed by atoms with Crippen LogP contribution in [0.1, 0.15) is 10.4 Å². The van der Waals surface area contributed by atoms with Crippen molar-refractivity contribution in [1.29, 1.82) is 0 Å². The van der Waals surface area contributed by atoms with E-state index in [-0.39, 0.29) is 11.3 Å². The number of aromatic carboxylic acids is 1. The van der Waals surface area contributed by atoms with Gasteiger partial charge in [0.05, 0.1) is 5.56 Å². The molecular formula is C10H9N3O3. The minimum Gasteiger partial charge on any atom is -0.478 e. The Hall–Kier alpha value is -2.37. The Morgan fingerprint density at radius 1 is 1.50 bits per heavy atom. The number of hydrogen-bond donors (Lipinski definition) is 2. The molecule has 16 heavy (non-hydrogen) atoms. The molecule has 0 radical (unpaired) electrons. The lowest BCUT2D eigenvalue weighted by atomic mass is 10.1. The summed E-state index contributed by atoms with van der Waals surface area (Å²) in [5.41, 5.74) is 0.407. The van der Waals surface area contributed by atoms with Crippen LogP contribution in [-0.4, -0.2) is 25.8 Å². The molecule has 0 bridgehead atoms. The van der Waals surface area contributed by atoms with Gasteiger partial charge in [-0.25, -0.2) is 14.7 Å². The SMILES string of the molecule is Cn1c(-c2cccc(C(=O)O)c2)n[nH]c1=O. The normalized spacial score (nSPS) is 10.3. The first-order valence-electron chi connectivity index (χ1n) is 4.54. The number of aromatic nitrogens is 3. The number of carbonyl (C=O) groups is 1. The number of H-pyrrole nitrogens is 1. The van der Waals surface area contributed by atoms with E-state index in [0.29, 0.717) is 11.4 Å². The van der Waals surface area contributed by atoms with E-state index in [1.54, 1.807) is 19.2 Å². The summed E-state index contributed by atoms with van der Waals surface area (Å²) < 4.78 is 1.32. The van der Waals surface area contributed by atoms with Gasteiger partial charge in [-0.3, -0.25) is 4.57 Å². The molecule has 0 atom stereocenters. The highest BCUT2D eigenvalue weighted by atomic mass is 16.4. The molecule has 82 valence electrons. The highest BCUT2D eigenvalue weighted by Gasteiger charge is 2.09. The highest BCUT2D eigenvalue weighted by molar-refractivity contribution is 5.89. The number of carboxylic acids is 1. The Balaban J connectivity index is 2.57. The van der Waals surface area contributed by atoms with E-state index in [1.807, 2.05) is 0 Å². The fourth-order valence-corrected chi connectivity index (χ4v) is 1.40. The van der Waals surface area contributed by atoms with Crippen LogP contribution < -0.4 is 5.69 Å². The van der Waals surface area contributed by atoms with E-state index in [9.17, 15) is 9.59 Å². The second kappa shape index (κ2) is 3.65. The number of benzene rings is 1. The van der Waals surface area contributed by atoms with E-state index >= 15 is 0 Å². The van der Waals surface area contributed by atoms with Crippen molar-refractivity contribution in [2.75, 3.05) is 0 Å². The lowest BCUT2D eigenvalue weighted by Crippen LogP contribution is -2.13. The van der Waals surface area contributed by atoms with Crippen LogP contribution in [0.2, 0.25) is 0 Å². The number of carboxylic acid groups (broad SMARTS) is 1. The highest BCUT2D eigenvalue weighted by Crippen LogP contribution is 2.15. The molecule has 0 saturated heterocycles. The number of aromatic amines is 1. The van der Waals surface area contributed by atoms with Crippen LogP contribution >= 0.6 is 0 Å². The molecule has 0 unspecified atom stereocenters. The maximum atomic E-state index is 11.2. The van der Waals surface area contributed by atoms with Crippen LogP contribution in [0.25, 0.3) is 11.4 Å². The zero-order valence-electron chi connectivity index (χ0n) is 8.47. The molecule has 2 N–H and O–H groups in total. The minimum atomic E-state index is -1.01. The van der Waals surface area contributed by atoms with Crippen molar-refractivity contribution in [3.8, 4) is 11.4 Å². The molecule has 0 fully saturated rings. The quantitative estimate of drug-likeness (QED) is 0.768. The van der Waals surface area contributed by atoms with Crippen molar-refractivity contribution >= 4 is 5.97 Å². The van der Waals surface area contributed by atoms with Gasteiger partial charge in [0.1, 0.15) is 0 Å². The maximum Gasteiger partial charge on any atom is 0.343 e. The zero-order valence-corrected chi connectivity index (χ0v) is 8.47. The topological polar surface area (TPSA) is 88.0 Å². The van der Waals surface area contributed by atoms with Crippen LogP contribution in [0.5, 0.6) is 0 Å². The van der Waals surface area contributed by atoms with Crippen LogP contribution in [-0.2, 0) is 7.05 Å². The molecule has 0 amide bonds. The summed E-state index contributed by atoms with van der Waals surface area (Å²) in [6.45, 7) is 0. The molecule has 1 heterocycles. The van der Waals surface area contributed by atoms with E-state index in [4.69, 9.17) is 5.11 Å². The van der Waals surface area contributed by atoms with Gasteiger partial charge in [-0.1, -0.05) is 12.1 Å². The lowest BCUT2D eigenvalue weighted by Gasteiger charge is -2.00. The minimum absolute atomic E-state index is 0.160. The Labute approximate surface area is 90.2 Å². The lowest BCUT2D eigenvalue weighted by molar-refractivity contribution is 0.0697. The molecule has 2 rings (SSSR count). The van der Waals surface area contributed by atoms with Crippen LogP contribution in [0.4, 0.5) is 0 Å². The summed E-state index contributed by atoms with van der Waals surface area (Å²) >= 11 is 0. The largest absolute Gasteiger partial charge is 0.478 e. The third-order valence-electron chi connectivity index (χ3n) is 2.25. The third kappa shape index (κ3) is 1.60. The van der Waals surface area contributed by atoms with Crippen molar-refractivity contribution < 1.29 is 9.90 Å². The molecule has 1 aromatic carbocycles. The molecule has 0 aliphatic carbocycles. The van der Waals surface area contributed by atoms with Gasteiger partial charge >= 0.3 is 11.7 Å². The predicted octanol–water partition coefficient (Wildman–Crippen LogP) is 0.474. The van der Waals surface area contributed by atoms with Gasteiger partial charge in [-0.2, -0.15) is 5.10 Å². The van der Waals surface area contributed by atoms with Crippen LogP contribution in [0.3, 0.4) is 0 Å². The van der Waals surface area contributed by atoms with Gasteiger partial charge in [0.2, 0.25) is 0 Å². The van der Waals surface area contributed by atoms with Gasteiger partial charge in [0.15, 0.2) is 5.82 Å². The van der Waals surface area contributed by atoms with Gasteiger partial charge in [0, 0.05) is 12.6 Å². The van der Waals surface area contributed by atoms with Crippen molar-refractivity contribution in [2.24, 2.45) is 7.05 Å². The molecule has 6 heteroatoms. The summed E-state index contributed by atoms with van der Waals surface area (Å²) in [5, 5.41) is 14.9. The number of rotatable bonds is 2. The second-order valence-corrected chi connectivity index (χ2v) is 3.30. The summed E-state index contributed by atoms with van der Waals surface area (Å²) in [7, 11) is 1.56. The summed E-state index contributed by atoms with van der Waals surface area (Å²) in [6.07, 6.45) is 0. The van der Waals surface area contributed by atoms with Crippen LogP contribution in [0, 0.1) is 0 Å². The van der Waals surface area contributed by atoms with Gasteiger partial charge in [-0.05, 0) is 12.1 Å². The maximum absolute atomic E-state index is 11.2. The Kier molecular flexibility index (Phi) is 2.32. The molecule has 2 aromatic rings. The van der Waals surface area contributed by atoms with E-state index in [1.165, 1.54) is 16.7 Å². The number of nitrogens with zero attached hydrogens (tertiary/aromatic N) is 2. The number of nitrogens with one attached hydrogen (secondary N) is 1. The summed E-state index contributed by atoms with van der Waals surface area (Å²) in [5.74, 6) is -0.601. The first-order chi connectivity index (χ1) is 7.59. The fourth-order valence-electron chi connectivity index (χ4n) is 1.40. The van der Waals surface area contributed by atoms with Crippen molar-refractivity contribution in [3.05, 3.63) is 40.3 Å². The molecule has 1 aromatic heterocycles. The van der Waals surface area contributed by atoms with Gasteiger partial charge in [-0.15, -0.1) is 0 Å². The van der Waals surface area contributed by atoms with E-state index in [0.717, 1.165) is 0 Å². The summed E-state index contributed by atoms with van der Waals surface area (Å²) in [4.78, 5) is 21.9. The first-order valence-corrected chi connectivity index (χ1v) is 4.54. The van der Waals surface area contributed by atoms with Crippen molar-refractivity contribution in [2.45, 2.75) is 0 Å². The molecule has 0 aliphatic heterocycles. The Bertz CT molecular complexity index is 597. The smallest absolute Gasteiger partial charge is 0.343 e. The third-order valence-corrected chi connectivity index (χ3v) is 2.25. The van der Waals surface area contributed by atoms with Crippen molar-refractivity contribution in [1.82, 2.24) is 14.8 Å². The van der Waals surface area contributed by atoms with E-state index < -0.39 is 5.97 Å². The molecule has 0 spiro atoms. The predicted molar refractivity (Wildman–Crippen MR) is 56.2 cm³/mol. The monoisotopic (exact) mass is 219 g/mol. The fraction of sp³-hybridized carbons (Fsp3) is 0.100. The van der Waals surface area contributed by atoms with E-state index in [2.05, 4.69) is 10.2 Å². The van der Waals surface area contributed by atoms with Crippen LogP contribution in [0.15, 0.2) is 29.1 Å². The molecule has 0 saturated carbocycles. The summed E-state index contributed by atoms with van der Waals surface area (Å²) in [6, 6.07) is 6.26. The average molecular weight is 219 g/mol. The standard InChI is InChI=1S/C10H9N3O3/c1-13-8(11-12-10(13)16)6-3-2-4-7(5-6)9(14)15/h2-5H,1H3,(H,12,16)(H,14,15). The average Bonchev–Trinajstić information content (AvgIpc) is 2.60. The Morgan fingerprint density at radius 3 is 2.81 bits per heavy atom. The van der Waals surface area contributed by atoms with Crippen molar-refractivity contribution in [3.63, 3.8) is 0 Å². The molecular weight excluding hydrogens is 210 g/mol. The molecule has 6 nitrogen and oxygen atoms in total.